The third-order valence-corrected chi connectivity index (χ3v) is 4.18. The van der Waals surface area contributed by atoms with Gasteiger partial charge in [-0.1, -0.05) is 12.1 Å². The lowest BCUT2D eigenvalue weighted by Gasteiger charge is -2.17. The van der Waals surface area contributed by atoms with Crippen molar-refractivity contribution in [2.75, 3.05) is 13.2 Å². The Bertz CT molecular complexity index is 494. The monoisotopic (exact) mass is 275 g/mol. The summed E-state index contributed by atoms with van der Waals surface area (Å²) in [5.74, 6) is -0.0244. The lowest BCUT2D eigenvalue weighted by molar-refractivity contribution is 0.0535. The van der Waals surface area contributed by atoms with Gasteiger partial charge in [-0.05, 0) is 42.9 Å². The summed E-state index contributed by atoms with van der Waals surface area (Å²) in [4.78, 5) is 12.0. The normalized spacial score (nSPS) is 23.9. The van der Waals surface area contributed by atoms with Gasteiger partial charge in [-0.3, -0.25) is 4.79 Å². The zero-order valence-corrected chi connectivity index (χ0v) is 11.6. The van der Waals surface area contributed by atoms with E-state index in [1.54, 1.807) is 0 Å². The molecule has 2 unspecified atom stereocenters. The third kappa shape index (κ3) is 2.86. The second-order valence-corrected chi connectivity index (χ2v) is 5.66. The molecule has 20 heavy (non-hydrogen) atoms. The van der Waals surface area contributed by atoms with Crippen molar-refractivity contribution in [2.24, 2.45) is 0 Å². The molecule has 1 fully saturated rings. The predicted molar refractivity (Wildman–Crippen MR) is 75.6 cm³/mol. The number of hydrogen-bond acceptors (Lipinski definition) is 3. The highest BCUT2D eigenvalue weighted by molar-refractivity contribution is 5.96. The van der Waals surface area contributed by atoms with Gasteiger partial charge in [0, 0.05) is 25.1 Å². The van der Waals surface area contributed by atoms with E-state index in [-0.39, 0.29) is 12.0 Å². The molecule has 2 N–H and O–H groups in total. The summed E-state index contributed by atoms with van der Waals surface area (Å²) >= 11 is 0. The summed E-state index contributed by atoms with van der Waals surface area (Å²) < 4.78 is 5.56. The molecular formula is C16H21NO3. The average molecular weight is 275 g/mol. The molecule has 2 atom stereocenters. The van der Waals surface area contributed by atoms with Crippen LogP contribution >= 0.6 is 0 Å². The molecule has 0 aromatic heterocycles. The Kier molecular flexibility index (Phi) is 4.03. The number of aryl methyl sites for hydroxylation is 1. The lowest BCUT2D eigenvalue weighted by atomic mass is 9.96. The molecule has 1 amide bonds. The first-order valence-electron chi connectivity index (χ1n) is 7.45. The quantitative estimate of drug-likeness (QED) is 0.886. The Hall–Kier alpha value is -1.39. The first-order valence-corrected chi connectivity index (χ1v) is 7.45. The van der Waals surface area contributed by atoms with E-state index in [1.165, 1.54) is 0 Å². The molecule has 0 radical (unpaired) electrons. The fraction of sp³-hybridized carbons (Fsp3) is 0.562. The van der Waals surface area contributed by atoms with Crippen LogP contribution in [0.1, 0.15) is 53.3 Å². The molecule has 0 saturated carbocycles. The van der Waals surface area contributed by atoms with E-state index in [1.807, 2.05) is 18.2 Å². The Morgan fingerprint density at radius 1 is 1.40 bits per heavy atom. The van der Waals surface area contributed by atoms with Crippen LogP contribution in [0.2, 0.25) is 0 Å². The largest absolute Gasteiger partial charge is 0.388 e. The Morgan fingerprint density at radius 3 is 3.10 bits per heavy atom. The summed E-state index contributed by atoms with van der Waals surface area (Å²) in [6.45, 7) is 1.52. The Labute approximate surface area is 119 Å². The van der Waals surface area contributed by atoms with Crippen molar-refractivity contribution in [2.45, 2.75) is 44.3 Å². The fourth-order valence-corrected chi connectivity index (χ4v) is 3.02. The van der Waals surface area contributed by atoms with Gasteiger partial charge in [0.15, 0.2) is 0 Å². The van der Waals surface area contributed by atoms with Crippen LogP contribution in [0.15, 0.2) is 18.2 Å². The van der Waals surface area contributed by atoms with Gasteiger partial charge in [0.2, 0.25) is 0 Å². The van der Waals surface area contributed by atoms with Crippen LogP contribution in [0, 0.1) is 0 Å². The highest BCUT2D eigenvalue weighted by Gasteiger charge is 2.22. The van der Waals surface area contributed by atoms with Crippen LogP contribution in [-0.2, 0) is 11.2 Å². The smallest absolute Gasteiger partial charge is 0.251 e. The van der Waals surface area contributed by atoms with Crippen molar-refractivity contribution < 1.29 is 14.6 Å². The van der Waals surface area contributed by atoms with Crippen molar-refractivity contribution in [1.82, 2.24) is 5.32 Å². The second-order valence-electron chi connectivity index (χ2n) is 5.66. The van der Waals surface area contributed by atoms with Crippen LogP contribution in [0.4, 0.5) is 0 Å². The number of nitrogens with one attached hydrogen (secondary N) is 1. The molecular weight excluding hydrogens is 254 g/mol. The van der Waals surface area contributed by atoms with Crippen molar-refractivity contribution in [3.63, 3.8) is 0 Å². The Morgan fingerprint density at radius 2 is 2.30 bits per heavy atom. The summed E-state index contributed by atoms with van der Waals surface area (Å²) in [7, 11) is 0. The molecule has 0 aliphatic carbocycles. The topological polar surface area (TPSA) is 58.6 Å². The predicted octanol–water partition coefficient (Wildman–Crippen LogP) is 1.97. The van der Waals surface area contributed by atoms with E-state index in [9.17, 15) is 9.90 Å². The van der Waals surface area contributed by atoms with Crippen molar-refractivity contribution >= 4 is 5.91 Å². The molecule has 2 heterocycles. The summed E-state index contributed by atoms with van der Waals surface area (Å²) in [5, 5.41) is 13.2. The Balaban J connectivity index is 1.78. The number of aliphatic hydroxyl groups is 1. The highest BCUT2D eigenvalue weighted by atomic mass is 16.5. The van der Waals surface area contributed by atoms with E-state index in [0.717, 1.165) is 50.0 Å². The van der Waals surface area contributed by atoms with Crippen LogP contribution in [0.25, 0.3) is 0 Å². The van der Waals surface area contributed by atoms with E-state index in [0.29, 0.717) is 12.0 Å². The second kappa shape index (κ2) is 5.94. The van der Waals surface area contributed by atoms with Crippen molar-refractivity contribution in [3.05, 3.63) is 34.9 Å². The van der Waals surface area contributed by atoms with Crippen molar-refractivity contribution in [1.29, 1.82) is 0 Å². The first kappa shape index (κ1) is 13.6. The molecule has 2 aliphatic rings. The number of carbonyl (C=O) groups excluding carboxylic acids is 1. The van der Waals surface area contributed by atoms with Crippen LogP contribution in [0.3, 0.4) is 0 Å². The van der Waals surface area contributed by atoms with Crippen LogP contribution in [0.5, 0.6) is 0 Å². The molecule has 108 valence electrons. The zero-order chi connectivity index (χ0) is 13.9. The third-order valence-electron chi connectivity index (χ3n) is 4.18. The maximum Gasteiger partial charge on any atom is 0.251 e. The molecule has 0 bridgehead atoms. The molecule has 3 rings (SSSR count). The zero-order valence-electron chi connectivity index (χ0n) is 11.6. The summed E-state index contributed by atoms with van der Waals surface area (Å²) in [6.07, 6.45) is 4.18. The standard InChI is InChI=1S/C16H21NO3/c18-15(10-13-4-2-8-20-13)12-6-5-11-3-1-7-17-16(19)14(11)9-12/h5-6,9,13,15,18H,1-4,7-8,10H2,(H,17,19). The summed E-state index contributed by atoms with van der Waals surface area (Å²) in [6, 6.07) is 5.76. The van der Waals surface area contributed by atoms with Crippen LogP contribution < -0.4 is 5.32 Å². The minimum atomic E-state index is -0.556. The maximum absolute atomic E-state index is 12.0. The van der Waals surface area contributed by atoms with E-state index in [2.05, 4.69) is 5.32 Å². The molecule has 1 aromatic carbocycles. The van der Waals surface area contributed by atoms with Gasteiger partial charge in [-0.25, -0.2) is 0 Å². The number of aliphatic hydroxyl groups excluding tert-OH is 1. The van der Waals surface area contributed by atoms with Gasteiger partial charge in [0.05, 0.1) is 12.2 Å². The minimum Gasteiger partial charge on any atom is -0.388 e. The van der Waals surface area contributed by atoms with E-state index in [4.69, 9.17) is 4.74 Å². The molecule has 2 aliphatic heterocycles. The van der Waals surface area contributed by atoms with E-state index < -0.39 is 6.10 Å². The number of fused-ring (bicyclic) bond motifs is 1. The van der Waals surface area contributed by atoms with Crippen molar-refractivity contribution in [3.8, 4) is 0 Å². The molecule has 4 heteroatoms. The number of hydrogen-bond donors (Lipinski definition) is 2. The number of amides is 1. The molecule has 0 spiro atoms. The molecule has 1 aromatic rings. The van der Waals surface area contributed by atoms with Gasteiger partial charge in [0.25, 0.3) is 5.91 Å². The maximum atomic E-state index is 12.0. The number of benzene rings is 1. The fourth-order valence-electron chi connectivity index (χ4n) is 3.02. The number of ether oxygens (including phenoxy) is 1. The average Bonchev–Trinajstić information content (AvgIpc) is 2.89. The van der Waals surface area contributed by atoms with Gasteiger partial charge in [-0.15, -0.1) is 0 Å². The van der Waals surface area contributed by atoms with E-state index >= 15 is 0 Å². The molecule has 1 saturated heterocycles. The van der Waals surface area contributed by atoms with Gasteiger partial charge >= 0.3 is 0 Å². The van der Waals surface area contributed by atoms with Gasteiger partial charge < -0.3 is 15.2 Å². The SMILES string of the molecule is O=C1NCCCc2ccc(C(O)CC3CCCO3)cc21. The lowest BCUT2D eigenvalue weighted by Crippen LogP contribution is -2.23. The molecule has 4 nitrogen and oxygen atoms in total. The minimum absolute atomic E-state index is 0.0244. The highest BCUT2D eigenvalue weighted by Crippen LogP contribution is 2.27. The van der Waals surface area contributed by atoms with Crippen LogP contribution in [-0.4, -0.2) is 30.3 Å². The number of rotatable bonds is 3. The number of carbonyl (C=O) groups is 1. The van der Waals surface area contributed by atoms with Gasteiger partial charge in [0.1, 0.15) is 0 Å². The first-order chi connectivity index (χ1) is 9.74. The van der Waals surface area contributed by atoms with Gasteiger partial charge in [-0.2, -0.15) is 0 Å². The summed E-state index contributed by atoms with van der Waals surface area (Å²) in [5.41, 5.74) is 2.61.